The van der Waals surface area contributed by atoms with Crippen LogP contribution in [0.1, 0.15) is 142 Å². The van der Waals surface area contributed by atoms with Gasteiger partial charge < -0.3 is 33.6 Å². The van der Waals surface area contributed by atoms with Crippen LogP contribution in [0.3, 0.4) is 0 Å². The number of ketones is 3. The number of fused-ring (bicyclic) bond motifs is 2. The van der Waals surface area contributed by atoms with Crippen molar-refractivity contribution in [2.24, 2.45) is 0 Å². The molecule has 5 fully saturated rings. The second kappa shape index (κ2) is 21.2. The van der Waals surface area contributed by atoms with Gasteiger partial charge in [-0.3, -0.25) is 24.2 Å². The van der Waals surface area contributed by atoms with Crippen LogP contribution in [0.25, 0.3) is 11.3 Å². The number of hydrogen-bond donors (Lipinski definition) is 1. The number of nitrogens with one attached hydrogen (secondary N) is 1. The third-order valence-electron chi connectivity index (χ3n) is 17.2. The van der Waals surface area contributed by atoms with Gasteiger partial charge in [-0.05, 0) is 161 Å². The number of hydrogen-bond acceptors (Lipinski definition) is 12. The van der Waals surface area contributed by atoms with Crippen molar-refractivity contribution in [2.75, 3.05) is 0 Å². The normalized spacial score (nSPS) is 21.9. The molecular weight excluding hydrogens is 1080 g/mol. The van der Waals surface area contributed by atoms with Crippen LogP contribution < -0.4 is 29.7 Å². The summed E-state index contributed by atoms with van der Waals surface area (Å²) in [7, 11) is -0.311. The minimum Gasteiger partial charge on any atom is -0.399 e. The second-order valence-corrected chi connectivity index (χ2v) is 23.8. The molecule has 0 spiro atoms. The van der Waals surface area contributed by atoms with Gasteiger partial charge in [-0.1, -0.05) is 84.4 Å². The minimum atomic E-state index is -3.69. The molecule has 3 aliphatic carbocycles. The molecule has 1 N–H and O–H groups in total. The van der Waals surface area contributed by atoms with Crippen molar-refractivity contribution in [1.82, 2.24) is 15.3 Å². The fourth-order valence-electron chi connectivity index (χ4n) is 11.2. The summed E-state index contributed by atoms with van der Waals surface area (Å²) in [4.78, 5) is 58.2. The van der Waals surface area contributed by atoms with Crippen LogP contribution in [0, 0.1) is 13.8 Å². The highest BCUT2D eigenvalue weighted by Gasteiger charge is 2.54. The van der Waals surface area contributed by atoms with Crippen LogP contribution >= 0.6 is 11.6 Å². The van der Waals surface area contributed by atoms with Crippen LogP contribution in [0.2, 0.25) is 5.15 Å². The van der Waals surface area contributed by atoms with Gasteiger partial charge in [0.05, 0.1) is 33.8 Å². The number of aryl methyl sites for hydroxylation is 2. The average Bonchev–Trinajstić information content (AvgIpc) is 3.87. The van der Waals surface area contributed by atoms with Gasteiger partial charge in [0.1, 0.15) is 22.5 Å². The highest BCUT2D eigenvalue weighted by Crippen LogP contribution is 2.54. The van der Waals surface area contributed by atoms with E-state index in [0.29, 0.717) is 77.9 Å². The van der Waals surface area contributed by atoms with Crippen molar-refractivity contribution in [2.45, 2.75) is 159 Å². The van der Waals surface area contributed by atoms with Crippen LogP contribution in [-0.4, -0.2) is 64.1 Å². The maximum atomic E-state index is 13.4. The van der Waals surface area contributed by atoms with Gasteiger partial charge in [0.15, 0.2) is 23.0 Å². The first kappa shape index (κ1) is 56.7. The summed E-state index contributed by atoms with van der Waals surface area (Å²) in [6.07, 6.45) is -0.688. The number of carbonyl (C=O) groups excluding carboxylic acids is 4. The fourth-order valence-corrected chi connectivity index (χ4v) is 11.4. The van der Waals surface area contributed by atoms with E-state index in [0.717, 1.165) is 52.7 Å². The van der Waals surface area contributed by atoms with Gasteiger partial charge in [0, 0.05) is 49.1 Å². The Hall–Kier alpha value is -7.15. The number of rotatable bonds is 12. The number of carbonyl (C=O) groups is 4. The number of Topliss-reactive ketones (excluding diaryl/α,β-unsaturated/α-hetero) is 3. The van der Waals surface area contributed by atoms with Crippen LogP contribution in [-0.2, 0) is 52.2 Å². The van der Waals surface area contributed by atoms with E-state index >= 15 is 0 Å². The average molecular weight is 1140 g/mol. The lowest BCUT2D eigenvalue weighted by Crippen LogP contribution is -2.41. The predicted octanol–water partition coefficient (Wildman–Crippen LogP) is 12.2. The number of halogens is 5. The molecule has 6 heterocycles. The van der Waals surface area contributed by atoms with Crippen molar-refractivity contribution in [3.8, 4) is 34.3 Å². The van der Waals surface area contributed by atoms with E-state index in [1.807, 2.05) is 56.3 Å². The van der Waals surface area contributed by atoms with Gasteiger partial charge in [-0.15, -0.1) is 17.6 Å². The SMILES string of the molecule is CC1(C)OB(c2ccc(C3CCC(=O)C3)cc2)OC1(C)C.Cc1ccc(CC(=O)C2(c3ccc4c(c3)OC(F)(F)O4)CC2)nc1-c1ccc(C2CCC(=O)N2)cc1.Cc1ccc(CC(=O)C2(c3ccc4c(c3)OC(F)(F)O4)CC2)nc1Cl. The molecule has 1 amide bonds. The van der Waals surface area contributed by atoms with Crippen molar-refractivity contribution < 1.29 is 65.0 Å². The van der Waals surface area contributed by atoms with Gasteiger partial charge in [-0.25, -0.2) is 4.98 Å². The summed E-state index contributed by atoms with van der Waals surface area (Å²) in [6, 6.07) is 32.9. The molecule has 3 saturated carbocycles. The molecule has 426 valence electrons. The van der Waals surface area contributed by atoms with Gasteiger partial charge in [0.2, 0.25) is 5.91 Å². The predicted molar refractivity (Wildman–Crippen MR) is 297 cm³/mol. The van der Waals surface area contributed by atoms with E-state index in [2.05, 4.69) is 81.2 Å². The summed E-state index contributed by atoms with van der Waals surface area (Å²) >= 11 is 6.01. The maximum absolute atomic E-state index is 13.4. The number of benzene rings is 4. The van der Waals surface area contributed by atoms with Crippen molar-refractivity contribution in [1.29, 1.82) is 0 Å². The molecule has 4 aromatic carbocycles. The molecule has 2 aromatic heterocycles. The van der Waals surface area contributed by atoms with E-state index in [1.54, 1.807) is 18.2 Å². The van der Waals surface area contributed by atoms with E-state index in [4.69, 9.17) is 25.9 Å². The first-order chi connectivity index (χ1) is 38.8. The molecular formula is C63H61BClF4N3O10. The number of aromatic nitrogens is 2. The molecule has 7 aliphatic rings. The molecule has 0 bridgehead atoms. The van der Waals surface area contributed by atoms with Crippen molar-refractivity contribution >= 4 is 47.4 Å². The first-order valence-electron chi connectivity index (χ1n) is 27.6. The quantitative estimate of drug-likeness (QED) is 0.0702. The monoisotopic (exact) mass is 1140 g/mol. The molecule has 13 nitrogen and oxygen atoms in total. The van der Waals surface area contributed by atoms with Gasteiger partial charge >= 0.3 is 19.7 Å². The zero-order valence-electron chi connectivity index (χ0n) is 46.3. The topological polar surface area (TPSA) is 161 Å². The molecule has 82 heavy (non-hydrogen) atoms. The summed E-state index contributed by atoms with van der Waals surface area (Å²) in [6.45, 7) is 12.1. The molecule has 6 aromatic rings. The Morgan fingerprint density at radius 3 is 1.59 bits per heavy atom. The minimum absolute atomic E-state index is 0.00255. The van der Waals surface area contributed by atoms with Crippen LogP contribution in [0.5, 0.6) is 23.0 Å². The lowest BCUT2D eigenvalue weighted by atomic mass is 9.78. The lowest BCUT2D eigenvalue weighted by molar-refractivity contribution is -0.287. The summed E-state index contributed by atoms with van der Waals surface area (Å²) in [5.41, 5.74) is 7.50. The standard InChI is InChI=1S/C28H24F2N2O4.C18H14ClF2NO3.C17H23BO3/c1-16-2-8-20(31-26(16)18-5-3-17(4-6-18)21-9-11-25(34)32-21)15-24(33)27(12-13-27)19-7-10-22-23(14-19)36-28(29,30)35-22;1-10-2-4-12(22-16(10)19)9-15(23)17(6-7-17)11-3-5-13-14(8-11)25-18(20,21)24-13;1-16(2)17(3,4)21-18(20-16)14-8-5-12(6-9-14)13-7-10-15(19)11-13/h2-8,10,14,21H,9,11-13,15H2,1H3,(H,32,34);2-5,8H,6-7,9H2,1H3;5-6,8-9,13H,7,10-11H2,1-4H3. The van der Waals surface area contributed by atoms with Gasteiger partial charge in [-0.2, -0.15) is 0 Å². The highest BCUT2D eigenvalue weighted by atomic mass is 35.5. The Balaban J connectivity index is 0.000000135. The Labute approximate surface area is 477 Å². The number of nitrogens with zero attached hydrogens (tertiary/aromatic N) is 2. The maximum Gasteiger partial charge on any atom is 0.586 e. The van der Waals surface area contributed by atoms with Crippen LogP contribution in [0.4, 0.5) is 17.6 Å². The molecule has 13 rings (SSSR count). The second-order valence-electron chi connectivity index (χ2n) is 23.4. The summed E-state index contributed by atoms with van der Waals surface area (Å²) in [5, 5.41) is 3.35. The molecule has 2 atom stereocenters. The fraction of sp³-hybridized carbons (Fsp3) is 0.397. The number of pyridine rings is 2. The van der Waals surface area contributed by atoms with Gasteiger partial charge in [0.25, 0.3) is 0 Å². The molecule has 2 saturated heterocycles. The molecule has 4 aliphatic heterocycles. The van der Waals surface area contributed by atoms with E-state index in [9.17, 15) is 36.7 Å². The summed E-state index contributed by atoms with van der Waals surface area (Å²) in [5.74, 6) is 0.701. The highest BCUT2D eigenvalue weighted by molar-refractivity contribution is 6.62. The van der Waals surface area contributed by atoms with E-state index in [-0.39, 0.29) is 77.7 Å². The molecule has 2 unspecified atom stereocenters. The lowest BCUT2D eigenvalue weighted by Gasteiger charge is -2.32. The Morgan fingerprint density at radius 1 is 0.610 bits per heavy atom. The number of ether oxygens (including phenoxy) is 4. The largest absolute Gasteiger partial charge is 0.586 e. The first-order valence-corrected chi connectivity index (χ1v) is 28.0. The Kier molecular flexibility index (Phi) is 14.7. The molecule has 0 radical (unpaired) electrons. The van der Waals surface area contributed by atoms with Crippen molar-refractivity contribution in [3.63, 3.8) is 0 Å². The third-order valence-corrected chi connectivity index (χ3v) is 17.5. The van der Waals surface area contributed by atoms with E-state index in [1.165, 1.54) is 29.8 Å². The Morgan fingerprint density at radius 2 is 1.11 bits per heavy atom. The smallest absolute Gasteiger partial charge is 0.399 e. The molecule has 19 heteroatoms. The van der Waals surface area contributed by atoms with Crippen molar-refractivity contribution in [3.05, 3.63) is 159 Å². The number of amides is 1. The Bertz CT molecular complexity index is 3500. The zero-order valence-corrected chi connectivity index (χ0v) is 47.0. The zero-order chi connectivity index (χ0) is 58.1. The third kappa shape index (κ3) is 11.6. The number of alkyl halides is 4. The summed E-state index contributed by atoms with van der Waals surface area (Å²) < 4.78 is 83.2. The van der Waals surface area contributed by atoms with E-state index < -0.39 is 23.4 Å². The van der Waals surface area contributed by atoms with Crippen LogP contribution in [0.15, 0.2) is 109 Å².